The topological polar surface area (TPSA) is 65.0 Å². The first kappa shape index (κ1) is 26.7. The van der Waals surface area contributed by atoms with Crippen molar-refractivity contribution in [1.82, 2.24) is 0 Å². The van der Waals surface area contributed by atoms with Gasteiger partial charge >= 0.3 is 5.97 Å². The highest BCUT2D eigenvalue weighted by Gasteiger charge is 2.27. The van der Waals surface area contributed by atoms with Gasteiger partial charge in [0.25, 0.3) is 0 Å². The first-order valence-corrected chi connectivity index (χ1v) is 12.8. The summed E-state index contributed by atoms with van der Waals surface area (Å²) < 4.78 is 17.6. The van der Waals surface area contributed by atoms with E-state index in [4.69, 9.17) is 14.2 Å². The second-order valence-electron chi connectivity index (χ2n) is 10.6. The molecule has 0 aliphatic carbocycles. The van der Waals surface area contributed by atoms with E-state index >= 15 is 0 Å². The van der Waals surface area contributed by atoms with Crippen molar-refractivity contribution in [1.29, 1.82) is 0 Å². The van der Waals surface area contributed by atoms with Crippen LogP contribution < -0.4 is 0 Å². The highest BCUT2D eigenvalue weighted by molar-refractivity contribution is 5.82. The van der Waals surface area contributed by atoms with E-state index in [0.717, 1.165) is 32.1 Å². The molecule has 188 valence electrons. The Hall–Kier alpha value is -1.95. The number of hydrogen-bond donors (Lipinski definition) is 1. The third kappa shape index (κ3) is 9.73. The molecule has 0 aromatic rings. The van der Waals surface area contributed by atoms with Crippen LogP contribution in [-0.2, 0) is 19.0 Å². The molecule has 5 atom stereocenters. The Labute approximate surface area is 205 Å². The highest BCUT2D eigenvalue weighted by atomic mass is 16.5. The predicted octanol–water partition coefficient (Wildman–Crippen LogP) is 5.76. The lowest BCUT2D eigenvalue weighted by Gasteiger charge is -2.28. The average Bonchev–Trinajstić information content (AvgIpc) is 3.19. The van der Waals surface area contributed by atoms with Crippen LogP contribution in [0.5, 0.6) is 0 Å². The van der Waals surface area contributed by atoms with E-state index in [1.165, 1.54) is 11.6 Å². The van der Waals surface area contributed by atoms with Crippen molar-refractivity contribution in [2.75, 3.05) is 6.61 Å². The molecule has 3 heterocycles. The van der Waals surface area contributed by atoms with Crippen LogP contribution in [-0.4, -0.2) is 48.2 Å². The fourth-order valence-electron chi connectivity index (χ4n) is 4.71. The van der Waals surface area contributed by atoms with Gasteiger partial charge in [-0.2, -0.15) is 0 Å². The Morgan fingerprint density at radius 1 is 1.15 bits per heavy atom. The molecule has 0 amide bonds. The van der Waals surface area contributed by atoms with Crippen LogP contribution in [0.1, 0.15) is 72.1 Å². The molecule has 0 radical (unpaired) electrons. The monoisotopic (exact) mass is 470 g/mol. The van der Waals surface area contributed by atoms with E-state index in [1.54, 1.807) is 0 Å². The smallest absolute Gasteiger partial charge is 0.330 e. The number of carbonyl (C=O) groups excluding carboxylic acids is 1. The van der Waals surface area contributed by atoms with Crippen LogP contribution in [0.15, 0.2) is 60.3 Å². The van der Waals surface area contributed by atoms with Crippen LogP contribution in [0.25, 0.3) is 0 Å². The van der Waals surface area contributed by atoms with Crippen LogP contribution in [0.4, 0.5) is 0 Å². The van der Waals surface area contributed by atoms with Crippen molar-refractivity contribution in [2.24, 2.45) is 5.41 Å². The lowest BCUT2D eigenvalue weighted by molar-refractivity contribution is -0.142. The van der Waals surface area contributed by atoms with E-state index in [9.17, 15) is 9.90 Å². The maximum Gasteiger partial charge on any atom is 0.330 e. The summed E-state index contributed by atoms with van der Waals surface area (Å²) in [5.41, 5.74) is 1.48. The van der Waals surface area contributed by atoms with Crippen molar-refractivity contribution in [3.05, 3.63) is 60.3 Å². The molecule has 3 aliphatic heterocycles. The third-order valence-electron chi connectivity index (χ3n) is 6.67. The second kappa shape index (κ2) is 13.2. The summed E-state index contributed by atoms with van der Waals surface area (Å²) in [4.78, 5) is 12.5. The summed E-state index contributed by atoms with van der Waals surface area (Å²) in [6.45, 7) is 7.29. The van der Waals surface area contributed by atoms with Crippen molar-refractivity contribution in [3.8, 4) is 0 Å². The number of rotatable bonds is 3. The summed E-state index contributed by atoms with van der Waals surface area (Å²) in [5, 5.41) is 10.4. The van der Waals surface area contributed by atoms with Crippen molar-refractivity contribution < 1.29 is 24.1 Å². The van der Waals surface area contributed by atoms with Gasteiger partial charge in [-0.3, -0.25) is 0 Å². The normalized spacial score (nSPS) is 35.2. The lowest BCUT2D eigenvalue weighted by atomic mass is 9.81. The minimum Gasteiger partial charge on any atom is -0.459 e. The maximum atomic E-state index is 12.5. The summed E-state index contributed by atoms with van der Waals surface area (Å²) in [6, 6.07) is 0. The number of fused-ring (bicyclic) bond motifs is 2. The van der Waals surface area contributed by atoms with Gasteiger partial charge in [0, 0.05) is 18.9 Å². The van der Waals surface area contributed by atoms with Gasteiger partial charge in [0.1, 0.15) is 6.10 Å². The van der Waals surface area contributed by atoms with E-state index in [-0.39, 0.29) is 35.8 Å². The molecule has 34 heavy (non-hydrogen) atoms. The fourth-order valence-corrected chi connectivity index (χ4v) is 4.71. The number of esters is 1. The van der Waals surface area contributed by atoms with E-state index in [0.29, 0.717) is 25.9 Å². The summed E-state index contributed by atoms with van der Waals surface area (Å²) in [6.07, 6.45) is 23.4. The highest BCUT2D eigenvalue weighted by Crippen LogP contribution is 2.33. The minimum absolute atomic E-state index is 0.000203. The quantitative estimate of drug-likeness (QED) is 0.420. The molecule has 5 heteroatoms. The standard InChI is InChI=1S/C29H42O5/c1-22-17-19-32-26(20-22)13-5-11-24-10-4-8-23(30)9-7-18-29(2,3)21-27-16-15-25(33-27)12-6-14-28(31)34-24/h4-6,8,13-17,23-27,30H,7,9-12,18-21H2,1-3H3/b8-4+,13-5+,14-6-/t23-,24+,25-,26-,27+/m1/s1. The third-order valence-corrected chi connectivity index (χ3v) is 6.67. The van der Waals surface area contributed by atoms with Gasteiger partial charge in [0.15, 0.2) is 0 Å². The van der Waals surface area contributed by atoms with E-state index < -0.39 is 6.10 Å². The number of carbonyl (C=O) groups is 1. The van der Waals surface area contributed by atoms with Gasteiger partial charge < -0.3 is 19.3 Å². The van der Waals surface area contributed by atoms with Crippen molar-refractivity contribution in [3.63, 3.8) is 0 Å². The molecule has 0 saturated carbocycles. The van der Waals surface area contributed by atoms with E-state index in [2.05, 4.69) is 45.1 Å². The number of ether oxygens (including phenoxy) is 3. The molecule has 0 unspecified atom stereocenters. The van der Waals surface area contributed by atoms with Gasteiger partial charge in [-0.15, -0.1) is 0 Å². The average molecular weight is 471 g/mol. The van der Waals surface area contributed by atoms with Gasteiger partial charge in [-0.25, -0.2) is 4.79 Å². The molecule has 3 aliphatic rings. The Morgan fingerprint density at radius 2 is 1.97 bits per heavy atom. The largest absolute Gasteiger partial charge is 0.459 e. The molecule has 0 aromatic carbocycles. The zero-order valence-electron chi connectivity index (χ0n) is 21.0. The molecule has 0 spiro atoms. The zero-order valence-corrected chi connectivity index (χ0v) is 21.0. The summed E-state index contributed by atoms with van der Waals surface area (Å²) in [5.74, 6) is -0.346. The molecule has 0 aromatic heterocycles. The van der Waals surface area contributed by atoms with Crippen LogP contribution >= 0.6 is 0 Å². The van der Waals surface area contributed by atoms with E-state index in [1.807, 2.05) is 24.3 Å². The summed E-state index contributed by atoms with van der Waals surface area (Å²) >= 11 is 0. The van der Waals surface area contributed by atoms with Gasteiger partial charge in [-0.1, -0.05) is 74.4 Å². The SMILES string of the molecule is CC1=CCO[C@H](/C=C/C[C@@H]2C/C=C/[C@@H](O)CCCC(C)(C)C[C@@H]3C=C[C@@H](C/C=C\C(=O)O2)O3)C1. The van der Waals surface area contributed by atoms with Crippen LogP contribution in [0.3, 0.4) is 0 Å². The van der Waals surface area contributed by atoms with Gasteiger partial charge in [-0.05, 0) is 44.4 Å². The van der Waals surface area contributed by atoms with Crippen molar-refractivity contribution >= 4 is 5.97 Å². The molecule has 5 nitrogen and oxygen atoms in total. The molecule has 2 bridgehead atoms. The number of cyclic esters (lactones) is 1. The Kier molecular flexibility index (Phi) is 10.4. The molecule has 0 fully saturated rings. The molecular formula is C29H42O5. The molecular weight excluding hydrogens is 428 g/mol. The Bertz CT molecular complexity index is 803. The maximum absolute atomic E-state index is 12.5. The lowest BCUT2D eigenvalue weighted by Crippen LogP contribution is -2.22. The van der Waals surface area contributed by atoms with Gasteiger partial charge in [0.05, 0.1) is 31.0 Å². The Balaban J connectivity index is 1.61. The number of aliphatic hydroxyl groups is 1. The predicted molar refractivity (Wildman–Crippen MR) is 135 cm³/mol. The number of hydrogen-bond acceptors (Lipinski definition) is 5. The number of aliphatic hydroxyl groups excluding tert-OH is 1. The molecule has 3 rings (SSSR count). The zero-order chi connectivity index (χ0) is 24.4. The van der Waals surface area contributed by atoms with Crippen LogP contribution in [0, 0.1) is 5.41 Å². The van der Waals surface area contributed by atoms with Crippen LogP contribution in [0.2, 0.25) is 0 Å². The minimum atomic E-state index is -0.487. The first-order chi connectivity index (χ1) is 16.3. The fraction of sp³-hybridized carbons (Fsp3) is 0.621. The van der Waals surface area contributed by atoms with Gasteiger partial charge in [0.2, 0.25) is 0 Å². The van der Waals surface area contributed by atoms with Crippen molar-refractivity contribution in [2.45, 2.75) is 103 Å². The Morgan fingerprint density at radius 3 is 2.79 bits per heavy atom. The summed E-state index contributed by atoms with van der Waals surface area (Å²) in [7, 11) is 0. The molecule has 0 saturated heterocycles. The second-order valence-corrected chi connectivity index (χ2v) is 10.6. The molecule has 1 N–H and O–H groups in total. The first-order valence-electron chi connectivity index (χ1n) is 12.8.